The number of carbonyl (C=O) groups excluding carboxylic acids is 1. The number of hydrogen-bond donors (Lipinski definition) is 2. The van der Waals surface area contributed by atoms with Crippen molar-refractivity contribution in [3.63, 3.8) is 0 Å². The van der Waals surface area contributed by atoms with Crippen molar-refractivity contribution in [2.75, 3.05) is 6.54 Å². The van der Waals surface area contributed by atoms with E-state index in [9.17, 15) is 9.59 Å². The molecule has 23 heavy (non-hydrogen) atoms. The van der Waals surface area contributed by atoms with Gasteiger partial charge < -0.3 is 10.4 Å². The first-order valence-electron chi connectivity index (χ1n) is 7.48. The van der Waals surface area contributed by atoms with Crippen LogP contribution in [0.3, 0.4) is 0 Å². The Morgan fingerprint density at radius 3 is 2.61 bits per heavy atom. The molecule has 0 bridgehead atoms. The monoisotopic (exact) mass is 314 g/mol. The molecule has 2 N–H and O–H groups in total. The minimum absolute atomic E-state index is 0.0916. The number of nitrogens with one attached hydrogen (secondary N) is 1. The predicted octanol–water partition coefficient (Wildman–Crippen LogP) is 1.10. The number of aliphatic carboxylic acids is 1. The average molecular weight is 314 g/mol. The number of carbonyl (C=O) groups is 2. The highest BCUT2D eigenvalue weighted by molar-refractivity contribution is 5.81. The molecule has 120 valence electrons. The second kappa shape index (κ2) is 5.83. The Morgan fingerprint density at radius 2 is 2.00 bits per heavy atom. The normalized spacial score (nSPS) is 15.2. The molecule has 1 aromatic carbocycles. The Morgan fingerprint density at radius 1 is 1.30 bits per heavy atom. The zero-order valence-electron chi connectivity index (χ0n) is 12.8. The van der Waals surface area contributed by atoms with Crippen LogP contribution in [0.15, 0.2) is 30.3 Å². The minimum atomic E-state index is -0.844. The molecule has 1 saturated carbocycles. The summed E-state index contributed by atoms with van der Waals surface area (Å²) in [6, 6.07) is 9.55. The van der Waals surface area contributed by atoms with Crippen LogP contribution < -0.4 is 5.32 Å². The van der Waals surface area contributed by atoms with Crippen LogP contribution in [0.2, 0.25) is 0 Å². The number of rotatable bonds is 6. The molecule has 0 saturated heterocycles. The molecule has 1 heterocycles. The van der Waals surface area contributed by atoms with Gasteiger partial charge in [-0.15, -0.1) is 5.10 Å². The smallest absolute Gasteiger partial charge is 0.311 e. The lowest BCUT2D eigenvalue weighted by molar-refractivity contribution is -0.143. The van der Waals surface area contributed by atoms with E-state index in [0.29, 0.717) is 18.5 Å². The summed E-state index contributed by atoms with van der Waals surface area (Å²) < 4.78 is 1.68. The highest BCUT2D eigenvalue weighted by Crippen LogP contribution is 2.45. The van der Waals surface area contributed by atoms with Gasteiger partial charge in [-0.3, -0.25) is 9.59 Å². The van der Waals surface area contributed by atoms with E-state index in [1.165, 1.54) is 0 Å². The molecular weight excluding hydrogens is 296 g/mol. The summed E-state index contributed by atoms with van der Waals surface area (Å²) in [5.41, 5.74) is 1.51. The van der Waals surface area contributed by atoms with Crippen LogP contribution >= 0.6 is 0 Å². The molecule has 7 heteroatoms. The maximum atomic E-state index is 12.0. The number of nitrogens with zero attached hydrogens (tertiary/aromatic N) is 3. The number of carboxylic acids is 1. The zero-order chi connectivity index (χ0) is 16.4. The van der Waals surface area contributed by atoms with Gasteiger partial charge in [0.05, 0.1) is 28.9 Å². The maximum absolute atomic E-state index is 12.0. The largest absolute Gasteiger partial charge is 0.481 e. The van der Waals surface area contributed by atoms with Gasteiger partial charge >= 0.3 is 5.97 Å². The second-order valence-electron chi connectivity index (χ2n) is 5.91. The van der Waals surface area contributed by atoms with Gasteiger partial charge in [-0.25, -0.2) is 4.68 Å². The number of para-hydroxylation sites is 1. The summed E-state index contributed by atoms with van der Waals surface area (Å²) in [4.78, 5) is 23.1. The van der Waals surface area contributed by atoms with E-state index in [1.807, 2.05) is 37.3 Å². The Hall–Kier alpha value is -2.70. The van der Waals surface area contributed by atoms with E-state index < -0.39 is 11.4 Å². The van der Waals surface area contributed by atoms with E-state index >= 15 is 0 Å². The molecule has 2 aromatic rings. The fourth-order valence-electron chi connectivity index (χ4n) is 2.44. The Kier molecular flexibility index (Phi) is 3.85. The van der Waals surface area contributed by atoms with Crippen LogP contribution in [0.4, 0.5) is 0 Å². The third-order valence-corrected chi connectivity index (χ3v) is 4.25. The molecule has 1 aliphatic carbocycles. The molecule has 0 spiro atoms. The number of amides is 1. The number of carboxylic acid groups (broad SMARTS) is 1. The van der Waals surface area contributed by atoms with Gasteiger partial charge in [-0.2, -0.15) is 0 Å². The van der Waals surface area contributed by atoms with E-state index in [-0.39, 0.29) is 18.9 Å². The van der Waals surface area contributed by atoms with Crippen molar-refractivity contribution in [2.45, 2.75) is 26.2 Å². The first kappa shape index (κ1) is 15.2. The molecule has 3 rings (SSSR count). The van der Waals surface area contributed by atoms with Crippen LogP contribution in [0.25, 0.3) is 5.69 Å². The van der Waals surface area contributed by atoms with Gasteiger partial charge in [-0.05, 0) is 31.9 Å². The zero-order valence-corrected chi connectivity index (χ0v) is 12.8. The highest BCUT2D eigenvalue weighted by atomic mass is 16.4. The lowest BCUT2D eigenvalue weighted by atomic mass is 10.1. The molecule has 1 fully saturated rings. The van der Waals surface area contributed by atoms with Gasteiger partial charge in [0, 0.05) is 6.54 Å². The molecule has 0 radical (unpaired) electrons. The van der Waals surface area contributed by atoms with Gasteiger partial charge in [0.25, 0.3) is 0 Å². The van der Waals surface area contributed by atoms with Crippen LogP contribution in [0.1, 0.15) is 24.2 Å². The second-order valence-corrected chi connectivity index (χ2v) is 5.91. The fourth-order valence-corrected chi connectivity index (χ4v) is 2.44. The SMILES string of the molecule is Cc1c(CC(=O)NCC2(C(=O)O)CC2)nnn1-c1ccccc1. The van der Waals surface area contributed by atoms with E-state index in [2.05, 4.69) is 15.6 Å². The van der Waals surface area contributed by atoms with Crippen molar-refractivity contribution in [1.82, 2.24) is 20.3 Å². The molecule has 0 atom stereocenters. The van der Waals surface area contributed by atoms with Crippen LogP contribution in [0.5, 0.6) is 0 Å². The van der Waals surface area contributed by atoms with Crippen molar-refractivity contribution in [1.29, 1.82) is 0 Å². The Balaban J connectivity index is 1.64. The quantitative estimate of drug-likeness (QED) is 0.832. The van der Waals surface area contributed by atoms with Crippen molar-refractivity contribution in [2.24, 2.45) is 5.41 Å². The number of benzene rings is 1. The van der Waals surface area contributed by atoms with Crippen LogP contribution in [-0.2, 0) is 16.0 Å². The van der Waals surface area contributed by atoms with Crippen molar-refractivity contribution < 1.29 is 14.7 Å². The lowest BCUT2D eigenvalue weighted by Gasteiger charge is -2.10. The van der Waals surface area contributed by atoms with Gasteiger partial charge in [0.1, 0.15) is 0 Å². The summed E-state index contributed by atoms with van der Waals surface area (Å²) in [6.07, 6.45) is 1.33. The predicted molar refractivity (Wildman–Crippen MR) is 82.1 cm³/mol. The molecule has 1 aliphatic rings. The number of hydrogen-bond acceptors (Lipinski definition) is 4. The third kappa shape index (κ3) is 3.08. The molecular formula is C16H18N4O3. The number of aromatic nitrogens is 3. The molecule has 7 nitrogen and oxygen atoms in total. The van der Waals surface area contributed by atoms with Crippen LogP contribution in [-0.4, -0.2) is 38.5 Å². The first-order valence-corrected chi connectivity index (χ1v) is 7.48. The van der Waals surface area contributed by atoms with Crippen molar-refractivity contribution in [3.8, 4) is 5.69 Å². The standard InChI is InChI=1S/C16H18N4O3/c1-11-13(18-19-20(11)12-5-3-2-4-6-12)9-14(21)17-10-16(7-8-16)15(22)23/h2-6H,7-10H2,1H3,(H,17,21)(H,22,23). The summed E-state index contributed by atoms with van der Waals surface area (Å²) in [5.74, 6) is -1.08. The first-order chi connectivity index (χ1) is 11.0. The van der Waals surface area contributed by atoms with Crippen LogP contribution in [0, 0.1) is 12.3 Å². The van der Waals surface area contributed by atoms with Crippen molar-refractivity contribution in [3.05, 3.63) is 41.7 Å². The topological polar surface area (TPSA) is 97.1 Å². The summed E-state index contributed by atoms with van der Waals surface area (Å²) in [6.45, 7) is 2.03. The maximum Gasteiger partial charge on any atom is 0.311 e. The molecule has 0 unspecified atom stereocenters. The summed E-state index contributed by atoms with van der Waals surface area (Å²) >= 11 is 0. The Bertz CT molecular complexity index is 735. The van der Waals surface area contributed by atoms with Gasteiger partial charge in [0.2, 0.25) is 5.91 Å². The summed E-state index contributed by atoms with van der Waals surface area (Å²) in [5, 5.41) is 19.9. The van der Waals surface area contributed by atoms with E-state index in [0.717, 1.165) is 11.4 Å². The highest BCUT2D eigenvalue weighted by Gasteiger charge is 2.50. The molecule has 1 amide bonds. The van der Waals surface area contributed by atoms with Gasteiger partial charge in [0.15, 0.2) is 0 Å². The summed E-state index contributed by atoms with van der Waals surface area (Å²) in [7, 11) is 0. The average Bonchev–Trinajstić information content (AvgIpc) is 3.27. The lowest BCUT2D eigenvalue weighted by Crippen LogP contribution is -2.35. The molecule has 0 aliphatic heterocycles. The van der Waals surface area contributed by atoms with E-state index in [1.54, 1.807) is 4.68 Å². The fraction of sp³-hybridized carbons (Fsp3) is 0.375. The minimum Gasteiger partial charge on any atom is -0.481 e. The van der Waals surface area contributed by atoms with E-state index in [4.69, 9.17) is 5.11 Å². The third-order valence-electron chi connectivity index (χ3n) is 4.25. The van der Waals surface area contributed by atoms with Crippen molar-refractivity contribution >= 4 is 11.9 Å². The van der Waals surface area contributed by atoms with Gasteiger partial charge in [-0.1, -0.05) is 23.4 Å². The molecule has 1 aromatic heterocycles. The Labute approximate surface area is 133 Å².